The lowest BCUT2D eigenvalue weighted by Crippen LogP contribution is -2.38. The average molecular weight is 317 g/mol. The monoisotopic (exact) mass is 317 g/mol. The fourth-order valence-electron chi connectivity index (χ4n) is 1.61. The number of nitrogens with one attached hydrogen (secondary N) is 1. The summed E-state index contributed by atoms with van der Waals surface area (Å²) in [5.41, 5.74) is -0.233. The smallest absolute Gasteiger partial charge is 0.339 e. The molecule has 8 heteroatoms. The van der Waals surface area contributed by atoms with Crippen LogP contribution in [-0.2, 0) is 10.0 Å². The van der Waals surface area contributed by atoms with Crippen LogP contribution >= 0.6 is 0 Å². The Balaban J connectivity index is 3.15. The summed E-state index contributed by atoms with van der Waals surface area (Å²) in [5.74, 6) is -1.46. The van der Waals surface area contributed by atoms with E-state index in [1.54, 1.807) is 13.8 Å². The molecule has 0 bridgehead atoms. The van der Waals surface area contributed by atoms with Crippen molar-refractivity contribution in [2.24, 2.45) is 5.92 Å². The van der Waals surface area contributed by atoms with Crippen molar-refractivity contribution in [3.05, 3.63) is 23.8 Å². The summed E-state index contributed by atoms with van der Waals surface area (Å²) in [7, 11) is -2.57. The Kier molecular flexibility index (Phi) is 5.70. The lowest BCUT2D eigenvalue weighted by atomic mass is 10.1. The van der Waals surface area contributed by atoms with Crippen molar-refractivity contribution in [2.45, 2.75) is 24.8 Å². The first kappa shape index (κ1) is 17.4. The van der Waals surface area contributed by atoms with Crippen LogP contribution in [0.3, 0.4) is 0 Å². The molecule has 0 saturated heterocycles. The molecule has 118 valence electrons. The molecule has 2 atom stereocenters. The van der Waals surface area contributed by atoms with Gasteiger partial charge < -0.3 is 14.9 Å². The Morgan fingerprint density at radius 1 is 1.38 bits per heavy atom. The standard InChI is InChI=1S/C13H19NO6S/c1-8(7-15)9(2)14-21(18,19)10-4-5-12(20-3)11(6-10)13(16)17/h4-6,8-9,14-15H,7H2,1-3H3,(H,16,17). The van der Waals surface area contributed by atoms with Gasteiger partial charge in [0, 0.05) is 12.6 Å². The Hall–Kier alpha value is -1.64. The molecule has 0 aliphatic carbocycles. The van der Waals surface area contributed by atoms with Crippen LogP contribution < -0.4 is 9.46 Å². The van der Waals surface area contributed by atoms with Crippen molar-refractivity contribution in [2.75, 3.05) is 13.7 Å². The van der Waals surface area contributed by atoms with Crippen molar-refractivity contribution < 1.29 is 28.2 Å². The number of carboxylic acids is 1. The third-order valence-electron chi connectivity index (χ3n) is 3.19. The third-order valence-corrected chi connectivity index (χ3v) is 4.75. The number of carbonyl (C=O) groups is 1. The van der Waals surface area contributed by atoms with Gasteiger partial charge in [-0.2, -0.15) is 0 Å². The number of aliphatic hydroxyl groups excluding tert-OH is 1. The molecule has 0 fully saturated rings. The first-order valence-electron chi connectivity index (χ1n) is 6.27. The Morgan fingerprint density at radius 3 is 2.48 bits per heavy atom. The lowest BCUT2D eigenvalue weighted by Gasteiger charge is -2.19. The number of benzene rings is 1. The van der Waals surface area contributed by atoms with Gasteiger partial charge in [-0.05, 0) is 31.0 Å². The fourth-order valence-corrected chi connectivity index (χ4v) is 2.99. The van der Waals surface area contributed by atoms with E-state index in [0.717, 1.165) is 6.07 Å². The zero-order valence-corrected chi connectivity index (χ0v) is 12.8. The molecule has 0 spiro atoms. The summed E-state index contributed by atoms with van der Waals surface area (Å²) in [4.78, 5) is 10.9. The van der Waals surface area contributed by atoms with E-state index < -0.39 is 22.0 Å². The van der Waals surface area contributed by atoms with Crippen LogP contribution in [0.25, 0.3) is 0 Å². The molecule has 0 radical (unpaired) electrons. The Bertz CT molecular complexity index is 613. The summed E-state index contributed by atoms with van der Waals surface area (Å²) in [6.07, 6.45) is 0. The number of hydrogen-bond donors (Lipinski definition) is 3. The van der Waals surface area contributed by atoms with Gasteiger partial charge in [-0.25, -0.2) is 17.9 Å². The topological polar surface area (TPSA) is 113 Å². The maximum Gasteiger partial charge on any atom is 0.339 e. The average Bonchev–Trinajstić information content (AvgIpc) is 2.44. The maximum absolute atomic E-state index is 12.2. The predicted molar refractivity (Wildman–Crippen MR) is 76.0 cm³/mol. The molecule has 1 aromatic carbocycles. The SMILES string of the molecule is COc1ccc(S(=O)(=O)NC(C)C(C)CO)cc1C(=O)O. The first-order chi connectivity index (χ1) is 9.72. The molecule has 3 N–H and O–H groups in total. The van der Waals surface area contributed by atoms with Crippen LogP contribution in [0.4, 0.5) is 0 Å². The van der Waals surface area contributed by atoms with E-state index in [1.807, 2.05) is 0 Å². The van der Waals surface area contributed by atoms with Gasteiger partial charge in [0.2, 0.25) is 10.0 Å². The van der Waals surface area contributed by atoms with Gasteiger partial charge in [-0.3, -0.25) is 0 Å². The van der Waals surface area contributed by atoms with Crippen LogP contribution in [0.1, 0.15) is 24.2 Å². The lowest BCUT2D eigenvalue weighted by molar-refractivity contribution is 0.0693. The van der Waals surface area contributed by atoms with E-state index in [0.29, 0.717) is 0 Å². The fraction of sp³-hybridized carbons (Fsp3) is 0.462. The van der Waals surface area contributed by atoms with Gasteiger partial charge in [0.15, 0.2) is 0 Å². The Morgan fingerprint density at radius 2 is 2.00 bits per heavy atom. The van der Waals surface area contributed by atoms with Crippen molar-refractivity contribution in [1.29, 1.82) is 0 Å². The number of aromatic carboxylic acids is 1. The number of ether oxygens (including phenoxy) is 1. The number of rotatable bonds is 7. The predicted octanol–water partition coefficient (Wildman–Crippen LogP) is 0.689. The quantitative estimate of drug-likeness (QED) is 0.682. The van der Waals surface area contributed by atoms with Crippen LogP contribution in [0.5, 0.6) is 5.75 Å². The number of sulfonamides is 1. The summed E-state index contributed by atoms with van der Waals surface area (Å²) < 4.78 is 31.7. The number of methoxy groups -OCH3 is 1. The van der Waals surface area contributed by atoms with Gasteiger partial charge in [-0.1, -0.05) is 6.92 Å². The van der Waals surface area contributed by atoms with E-state index >= 15 is 0 Å². The molecule has 1 rings (SSSR count). The minimum Gasteiger partial charge on any atom is -0.496 e. The molecular weight excluding hydrogens is 298 g/mol. The highest BCUT2D eigenvalue weighted by molar-refractivity contribution is 7.89. The molecule has 0 aliphatic heterocycles. The minimum absolute atomic E-state index is 0.0817. The molecule has 0 amide bonds. The molecule has 0 saturated carbocycles. The largest absolute Gasteiger partial charge is 0.496 e. The van der Waals surface area contributed by atoms with Crippen molar-refractivity contribution in [3.8, 4) is 5.75 Å². The summed E-state index contributed by atoms with van der Waals surface area (Å²) >= 11 is 0. The second-order valence-corrected chi connectivity index (χ2v) is 6.45. The van der Waals surface area contributed by atoms with Gasteiger partial charge in [0.1, 0.15) is 11.3 Å². The highest BCUT2D eigenvalue weighted by atomic mass is 32.2. The summed E-state index contributed by atoms with van der Waals surface area (Å²) in [6.45, 7) is 3.16. The van der Waals surface area contributed by atoms with E-state index in [2.05, 4.69) is 4.72 Å². The van der Waals surface area contributed by atoms with Gasteiger partial charge in [0.25, 0.3) is 0 Å². The van der Waals surface area contributed by atoms with Crippen LogP contribution in [0.15, 0.2) is 23.1 Å². The van der Waals surface area contributed by atoms with Crippen molar-refractivity contribution >= 4 is 16.0 Å². The van der Waals surface area contributed by atoms with Gasteiger partial charge >= 0.3 is 5.97 Å². The third kappa shape index (κ3) is 4.16. The molecule has 0 aliphatic rings. The maximum atomic E-state index is 12.2. The second kappa shape index (κ2) is 6.88. The zero-order valence-electron chi connectivity index (χ0n) is 12.0. The molecule has 0 aromatic heterocycles. The number of carboxylic acid groups (broad SMARTS) is 1. The number of aliphatic hydroxyl groups is 1. The van der Waals surface area contributed by atoms with E-state index in [9.17, 15) is 13.2 Å². The van der Waals surface area contributed by atoms with E-state index in [4.69, 9.17) is 14.9 Å². The molecule has 2 unspecified atom stereocenters. The Labute approximate surface area is 123 Å². The molecular formula is C13H19NO6S. The molecule has 1 aromatic rings. The number of hydrogen-bond acceptors (Lipinski definition) is 5. The van der Waals surface area contributed by atoms with Crippen molar-refractivity contribution in [1.82, 2.24) is 4.72 Å². The summed E-state index contributed by atoms with van der Waals surface area (Å²) in [6, 6.07) is 3.11. The van der Waals surface area contributed by atoms with Crippen LogP contribution in [0.2, 0.25) is 0 Å². The highest BCUT2D eigenvalue weighted by Crippen LogP contribution is 2.22. The summed E-state index contributed by atoms with van der Waals surface area (Å²) in [5, 5.41) is 18.1. The molecule has 7 nitrogen and oxygen atoms in total. The van der Waals surface area contributed by atoms with E-state index in [-0.39, 0.29) is 28.7 Å². The van der Waals surface area contributed by atoms with Gasteiger partial charge in [0.05, 0.1) is 12.0 Å². The van der Waals surface area contributed by atoms with Crippen LogP contribution in [0, 0.1) is 5.92 Å². The molecule has 21 heavy (non-hydrogen) atoms. The molecule has 0 heterocycles. The van der Waals surface area contributed by atoms with Crippen molar-refractivity contribution in [3.63, 3.8) is 0 Å². The highest BCUT2D eigenvalue weighted by Gasteiger charge is 2.23. The first-order valence-corrected chi connectivity index (χ1v) is 7.75. The second-order valence-electron chi connectivity index (χ2n) is 4.74. The minimum atomic E-state index is -3.88. The van der Waals surface area contributed by atoms with Gasteiger partial charge in [-0.15, -0.1) is 0 Å². The normalized spacial score (nSPS) is 14.5. The zero-order chi connectivity index (χ0) is 16.2. The van der Waals surface area contributed by atoms with Crippen LogP contribution in [-0.4, -0.2) is 44.4 Å². The van der Waals surface area contributed by atoms with E-state index in [1.165, 1.54) is 19.2 Å².